The summed E-state index contributed by atoms with van der Waals surface area (Å²) in [6, 6.07) is 12.5. The van der Waals surface area contributed by atoms with E-state index < -0.39 is 10.0 Å². The summed E-state index contributed by atoms with van der Waals surface area (Å²) in [7, 11) is -0.435. The minimum absolute atomic E-state index is 0.0204. The second-order valence-corrected chi connectivity index (χ2v) is 7.53. The second kappa shape index (κ2) is 7.48. The Bertz CT molecular complexity index is 888. The summed E-state index contributed by atoms with van der Waals surface area (Å²) in [6.45, 7) is 1.38. The number of likely N-dealkylation sites (N-methyl/N-ethyl adjacent to an activating group) is 1. The van der Waals surface area contributed by atoms with E-state index in [1.54, 1.807) is 44.4 Å². The van der Waals surface area contributed by atoms with E-state index in [4.69, 9.17) is 0 Å². The molecule has 25 heavy (non-hydrogen) atoms. The highest BCUT2D eigenvalue weighted by molar-refractivity contribution is 7.92. The largest absolute Gasteiger partial charge is 0.349 e. The van der Waals surface area contributed by atoms with Crippen molar-refractivity contribution < 1.29 is 18.0 Å². The van der Waals surface area contributed by atoms with Gasteiger partial charge in [0.15, 0.2) is 5.78 Å². The molecule has 0 fully saturated rings. The minimum Gasteiger partial charge on any atom is -0.349 e. The zero-order chi connectivity index (χ0) is 18.6. The minimum atomic E-state index is -3.80. The number of Topliss-reactive ketones (excluding diaryl/α,β-unsaturated/α-hetero) is 1. The summed E-state index contributed by atoms with van der Waals surface area (Å²) in [6.07, 6.45) is 0.251. The van der Waals surface area contributed by atoms with Gasteiger partial charge in [0, 0.05) is 25.3 Å². The van der Waals surface area contributed by atoms with Crippen LogP contribution in [0, 0.1) is 0 Å². The summed E-state index contributed by atoms with van der Waals surface area (Å²) in [5, 5.41) is 0. The molecule has 0 aliphatic carbocycles. The second-order valence-electron chi connectivity index (χ2n) is 5.85. The molecule has 2 rings (SSSR count). The van der Waals surface area contributed by atoms with Gasteiger partial charge in [-0.1, -0.05) is 24.3 Å². The van der Waals surface area contributed by atoms with Crippen LogP contribution in [0.25, 0.3) is 0 Å². The van der Waals surface area contributed by atoms with E-state index in [0.717, 1.165) is 5.56 Å². The smallest absolute Gasteiger partial charge is 0.261 e. The molecule has 0 bridgehead atoms. The summed E-state index contributed by atoms with van der Waals surface area (Å²) < 4.78 is 27.4. The van der Waals surface area contributed by atoms with Crippen molar-refractivity contribution in [3.63, 3.8) is 0 Å². The van der Waals surface area contributed by atoms with Gasteiger partial charge in [0.25, 0.3) is 10.0 Å². The van der Waals surface area contributed by atoms with Crippen LogP contribution in [0.3, 0.4) is 0 Å². The van der Waals surface area contributed by atoms with Gasteiger partial charge in [0.05, 0.1) is 11.3 Å². The maximum absolute atomic E-state index is 12.4. The van der Waals surface area contributed by atoms with E-state index in [9.17, 15) is 18.0 Å². The fourth-order valence-electron chi connectivity index (χ4n) is 2.12. The number of carbonyl (C=O) groups is 2. The fourth-order valence-corrected chi connectivity index (χ4v) is 3.22. The predicted molar refractivity (Wildman–Crippen MR) is 96.1 cm³/mol. The molecule has 0 heterocycles. The Labute approximate surface area is 147 Å². The van der Waals surface area contributed by atoms with Crippen molar-refractivity contribution in [2.45, 2.75) is 18.2 Å². The Morgan fingerprint density at radius 1 is 1.04 bits per heavy atom. The van der Waals surface area contributed by atoms with Crippen molar-refractivity contribution in [2.75, 3.05) is 18.8 Å². The van der Waals surface area contributed by atoms with Crippen LogP contribution in [0.15, 0.2) is 53.4 Å². The molecule has 0 saturated heterocycles. The number of benzene rings is 2. The predicted octanol–water partition coefficient (Wildman–Crippen LogP) is 2.32. The summed E-state index contributed by atoms with van der Waals surface area (Å²) >= 11 is 0. The first-order chi connectivity index (χ1) is 11.7. The number of nitrogens with zero attached hydrogens (tertiary/aromatic N) is 1. The Kier molecular flexibility index (Phi) is 5.58. The molecule has 1 amide bonds. The van der Waals surface area contributed by atoms with Crippen molar-refractivity contribution in [2.24, 2.45) is 0 Å². The number of hydrogen-bond donors (Lipinski definition) is 1. The number of hydrogen-bond acceptors (Lipinski definition) is 4. The lowest BCUT2D eigenvalue weighted by molar-refractivity contribution is -0.127. The van der Waals surface area contributed by atoms with Crippen LogP contribution >= 0.6 is 0 Å². The molecular formula is C18H20N2O4S. The van der Waals surface area contributed by atoms with Crippen LogP contribution in [0.1, 0.15) is 22.8 Å². The Balaban J connectivity index is 2.17. The zero-order valence-corrected chi connectivity index (χ0v) is 15.1. The van der Waals surface area contributed by atoms with Crippen molar-refractivity contribution in [3.8, 4) is 0 Å². The van der Waals surface area contributed by atoms with Gasteiger partial charge in [-0.3, -0.25) is 14.3 Å². The fraction of sp³-hybridized carbons (Fsp3) is 0.222. The van der Waals surface area contributed by atoms with E-state index in [2.05, 4.69) is 4.72 Å². The van der Waals surface area contributed by atoms with Gasteiger partial charge in [-0.15, -0.1) is 0 Å². The normalized spacial score (nSPS) is 11.0. The third-order valence-corrected chi connectivity index (χ3v) is 4.99. The summed E-state index contributed by atoms with van der Waals surface area (Å²) in [5.41, 5.74) is 1.51. The van der Waals surface area contributed by atoms with Gasteiger partial charge >= 0.3 is 0 Å². The van der Waals surface area contributed by atoms with Gasteiger partial charge in [0.1, 0.15) is 0 Å². The highest BCUT2D eigenvalue weighted by atomic mass is 32.2. The lowest BCUT2D eigenvalue weighted by Gasteiger charge is -2.11. The third-order valence-electron chi connectivity index (χ3n) is 3.61. The van der Waals surface area contributed by atoms with Gasteiger partial charge < -0.3 is 4.90 Å². The van der Waals surface area contributed by atoms with E-state index >= 15 is 0 Å². The van der Waals surface area contributed by atoms with Gasteiger partial charge in [-0.25, -0.2) is 8.42 Å². The molecule has 0 unspecified atom stereocenters. The first kappa shape index (κ1) is 18.7. The Hall–Kier alpha value is -2.67. The standard InChI is InChI=1S/C18H20N2O4S/c1-13(21)15-5-4-6-17(12-15)25(23,24)19-16-9-7-14(8-10-16)11-18(22)20(2)3/h4-10,12,19H,11H2,1-3H3. The SMILES string of the molecule is CC(=O)c1cccc(S(=O)(=O)Nc2ccc(CC(=O)N(C)C)cc2)c1. The highest BCUT2D eigenvalue weighted by Crippen LogP contribution is 2.18. The number of rotatable bonds is 6. The van der Waals surface area contributed by atoms with E-state index in [-0.39, 0.29) is 23.0 Å². The van der Waals surface area contributed by atoms with Crippen LogP contribution in [-0.4, -0.2) is 39.1 Å². The lowest BCUT2D eigenvalue weighted by Crippen LogP contribution is -2.23. The topological polar surface area (TPSA) is 83.5 Å². The Morgan fingerprint density at radius 2 is 1.68 bits per heavy atom. The number of ketones is 1. The van der Waals surface area contributed by atoms with Gasteiger partial charge in [0.2, 0.25) is 5.91 Å². The van der Waals surface area contributed by atoms with Crippen LogP contribution in [0.2, 0.25) is 0 Å². The average molecular weight is 360 g/mol. The number of carbonyl (C=O) groups excluding carboxylic acids is 2. The van der Waals surface area contributed by atoms with Crippen LogP contribution in [0.5, 0.6) is 0 Å². The highest BCUT2D eigenvalue weighted by Gasteiger charge is 2.15. The monoisotopic (exact) mass is 360 g/mol. The molecule has 0 aliphatic rings. The van der Waals surface area contributed by atoms with Crippen molar-refractivity contribution in [3.05, 3.63) is 59.7 Å². The molecule has 0 aliphatic heterocycles. The maximum atomic E-state index is 12.4. The summed E-state index contributed by atoms with van der Waals surface area (Å²) in [4.78, 5) is 24.6. The number of amides is 1. The third kappa shape index (κ3) is 4.90. The first-order valence-electron chi connectivity index (χ1n) is 7.62. The molecule has 1 N–H and O–H groups in total. The number of nitrogens with one attached hydrogen (secondary N) is 1. The Morgan fingerprint density at radius 3 is 2.24 bits per heavy atom. The molecular weight excluding hydrogens is 340 g/mol. The molecule has 0 aromatic heterocycles. The quantitative estimate of drug-likeness (QED) is 0.802. The van der Waals surface area contributed by atoms with Crippen LogP contribution < -0.4 is 4.72 Å². The first-order valence-corrected chi connectivity index (χ1v) is 9.10. The molecule has 6 nitrogen and oxygen atoms in total. The number of anilines is 1. The maximum Gasteiger partial charge on any atom is 0.261 e. The average Bonchev–Trinajstić information content (AvgIpc) is 2.56. The lowest BCUT2D eigenvalue weighted by atomic mass is 10.1. The van der Waals surface area contributed by atoms with Gasteiger partial charge in [-0.2, -0.15) is 0 Å². The molecule has 2 aromatic carbocycles. The molecule has 2 aromatic rings. The van der Waals surface area contributed by atoms with Crippen LogP contribution in [0.4, 0.5) is 5.69 Å². The van der Waals surface area contributed by atoms with E-state index in [1.807, 2.05) is 0 Å². The van der Waals surface area contributed by atoms with Crippen molar-refractivity contribution >= 4 is 27.4 Å². The number of sulfonamides is 1. The molecule has 0 spiro atoms. The zero-order valence-electron chi connectivity index (χ0n) is 14.3. The van der Waals surface area contributed by atoms with Crippen LogP contribution in [-0.2, 0) is 21.2 Å². The molecule has 0 atom stereocenters. The van der Waals surface area contributed by atoms with E-state index in [0.29, 0.717) is 11.3 Å². The van der Waals surface area contributed by atoms with Crippen molar-refractivity contribution in [1.29, 1.82) is 0 Å². The summed E-state index contributed by atoms with van der Waals surface area (Å²) in [5.74, 6) is -0.235. The molecule has 132 valence electrons. The van der Waals surface area contributed by atoms with Crippen molar-refractivity contribution in [1.82, 2.24) is 4.90 Å². The molecule has 7 heteroatoms. The van der Waals surface area contributed by atoms with E-state index in [1.165, 1.54) is 30.0 Å². The molecule has 0 saturated carbocycles. The van der Waals surface area contributed by atoms with Gasteiger partial charge in [-0.05, 0) is 36.8 Å². The molecule has 0 radical (unpaired) electrons.